The van der Waals surface area contributed by atoms with Gasteiger partial charge in [-0.3, -0.25) is 9.78 Å². The Hall–Kier alpha value is -1.62. The second kappa shape index (κ2) is 5.17. The molecule has 2 N–H and O–H groups in total. The molecule has 2 atom stereocenters. The molecule has 1 amide bonds. The number of nitrogens with zero attached hydrogens (tertiary/aromatic N) is 2. The Bertz CT molecular complexity index is 472. The summed E-state index contributed by atoms with van der Waals surface area (Å²) in [6, 6.07) is 2.21. The van der Waals surface area contributed by atoms with Gasteiger partial charge in [-0.2, -0.15) is 0 Å². The summed E-state index contributed by atoms with van der Waals surface area (Å²) in [4.78, 5) is 18.3. The first-order valence-electron chi connectivity index (χ1n) is 6.94. The first-order chi connectivity index (χ1) is 9.25. The van der Waals surface area contributed by atoms with E-state index < -0.39 is 0 Å². The Morgan fingerprint density at radius 2 is 2.26 bits per heavy atom. The van der Waals surface area contributed by atoms with Gasteiger partial charge in [0.05, 0.1) is 11.8 Å². The minimum atomic E-state index is -0.0143. The molecule has 5 nitrogen and oxygen atoms in total. The number of amides is 1. The van der Waals surface area contributed by atoms with Gasteiger partial charge in [-0.1, -0.05) is 0 Å². The van der Waals surface area contributed by atoms with Gasteiger partial charge in [0, 0.05) is 24.8 Å². The van der Waals surface area contributed by atoms with Crippen LogP contribution in [0.3, 0.4) is 0 Å². The van der Waals surface area contributed by atoms with Crippen LogP contribution in [0.4, 0.5) is 0 Å². The lowest BCUT2D eigenvalue weighted by Crippen LogP contribution is -2.46. The predicted molar refractivity (Wildman–Crippen MR) is 71.0 cm³/mol. The average molecular weight is 261 g/mol. The summed E-state index contributed by atoms with van der Waals surface area (Å²) in [7, 11) is 0. The number of likely N-dealkylation sites (tertiary alicyclic amines) is 1. The van der Waals surface area contributed by atoms with Gasteiger partial charge in [-0.05, 0) is 38.3 Å². The lowest BCUT2D eigenvalue weighted by molar-refractivity contribution is 0.0710. The quantitative estimate of drug-likeness (QED) is 0.838. The fourth-order valence-corrected chi connectivity index (χ4v) is 3.21. The second-order valence-electron chi connectivity index (χ2n) is 5.34. The van der Waals surface area contributed by atoms with Gasteiger partial charge >= 0.3 is 0 Å². The maximum absolute atomic E-state index is 12.5. The number of rotatable bonds is 2. The number of hydrogen-bond acceptors (Lipinski definition) is 4. The second-order valence-corrected chi connectivity index (χ2v) is 5.34. The van der Waals surface area contributed by atoms with Crippen molar-refractivity contribution >= 4 is 5.91 Å². The normalized spacial score (nSPS) is 26.8. The molecule has 2 aliphatic rings. The zero-order valence-corrected chi connectivity index (χ0v) is 10.9. The van der Waals surface area contributed by atoms with Crippen LogP contribution in [0.25, 0.3) is 0 Å². The Morgan fingerprint density at radius 3 is 3.00 bits per heavy atom. The molecule has 2 aliphatic heterocycles. The molecule has 0 saturated carbocycles. The maximum Gasteiger partial charge on any atom is 0.255 e. The van der Waals surface area contributed by atoms with Crippen molar-refractivity contribution in [3.8, 4) is 5.75 Å². The average Bonchev–Trinajstić information content (AvgIpc) is 3.08. The standard InChI is InChI=1S/C14H19N3O2/c18-11-7-10(8-15-9-11)14(19)17-6-2-4-13(17)12-3-1-5-16-12/h7-9,12-13,16,18H,1-6H2. The van der Waals surface area contributed by atoms with E-state index in [2.05, 4.69) is 10.3 Å². The molecule has 0 spiro atoms. The van der Waals surface area contributed by atoms with Gasteiger partial charge in [0.15, 0.2) is 0 Å². The summed E-state index contributed by atoms with van der Waals surface area (Å²) in [5, 5.41) is 12.9. The zero-order chi connectivity index (χ0) is 13.2. The third-order valence-electron chi connectivity index (χ3n) is 4.09. The predicted octanol–water partition coefficient (Wildman–Crippen LogP) is 1.14. The highest BCUT2D eigenvalue weighted by Gasteiger charge is 2.36. The fourth-order valence-electron chi connectivity index (χ4n) is 3.21. The molecule has 2 unspecified atom stereocenters. The Morgan fingerprint density at radius 1 is 1.37 bits per heavy atom. The van der Waals surface area contributed by atoms with Gasteiger partial charge in [0.2, 0.25) is 0 Å². The number of aromatic hydroxyl groups is 1. The lowest BCUT2D eigenvalue weighted by atomic mass is 10.0. The van der Waals surface area contributed by atoms with Crippen molar-refractivity contribution in [1.82, 2.24) is 15.2 Å². The molecule has 0 aromatic carbocycles. The summed E-state index contributed by atoms with van der Waals surface area (Å²) >= 11 is 0. The molecule has 3 heterocycles. The van der Waals surface area contributed by atoms with Gasteiger partial charge in [0.25, 0.3) is 5.91 Å². The minimum absolute atomic E-state index is 0.0143. The monoisotopic (exact) mass is 261 g/mol. The SMILES string of the molecule is O=C(c1cncc(O)c1)N1CCCC1C1CCCN1. The summed E-state index contributed by atoms with van der Waals surface area (Å²) in [6.07, 6.45) is 7.33. The van der Waals surface area contributed by atoms with E-state index in [1.807, 2.05) is 4.90 Å². The molecule has 2 saturated heterocycles. The van der Waals surface area contributed by atoms with Crippen LogP contribution in [0.1, 0.15) is 36.0 Å². The van der Waals surface area contributed by atoms with Gasteiger partial charge in [0.1, 0.15) is 5.75 Å². The van der Waals surface area contributed by atoms with E-state index in [-0.39, 0.29) is 17.7 Å². The van der Waals surface area contributed by atoms with E-state index in [0.717, 1.165) is 32.4 Å². The largest absolute Gasteiger partial charge is 0.506 e. The molecule has 0 radical (unpaired) electrons. The number of nitrogens with one attached hydrogen (secondary N) is 1. The highest BCUT2D eigenvalue weighted by Crippen LogP contribution is 2.26. The maximum atomic E-state index is 12.5. The van der Waals surface area contributed by atoms with E-state index in [1.54, 1.807) is 0 Å². The summed E-state index contributed by atoms with van der Waals surface area (Å²) < 4.78 is 0. The Kier molecular flexibility index (Phi) is 3.38. The molecule has 19 heavy (non-hydrogen) atoms. The van der Waals surface area contributed by atoms with Crippen molar-refractivity contribution in [2.24, 2.45) is 0 Å². The minimum Gasteiger partial charge on any atom is -0.506 e. The number of carbonyl (C=O) groups is 1. The highest BCUT2D eigenvalue weighted by atomic mass is 16.3. The molecular formula is C14H19N3O2. The fraction of sp³-hybridized carbons (Fsp3) is 0.571. The van der Waals surface area contributed by atoms with Crippen molar-refractivity contribution in [1.29, 1.82) is 0 Å². The third kappa shape index (κ3) is 2.42. The van der Waals surface area contributed by atoms with Crippen LogP contribution in [-0.4, -0.2) is 46.1 Å². The van der Waals surface area contributed by atoms with Crippen molar-refractivity contribution in [2.75, 3.05) is 13.1 Å². The van der Waals surface area contributed by atoms with Crippen molar-refractivity contribution in [3.63, 3.8) is 0 Å². The molecular weight excluding hydrogens is 242 g/mol. The molecule has 2 fully saturated rings. The Labute approximate surface area is 112 Å². The first-order valence-corrected chi connectivity index (χ1v) is 6.94. The van der Waals surface area contributed by atoms with Crippen LogP contribution in [0, 0.1) is 0 Å². The van der Waals surface area contributed by atoms with E-state index >= 15 is 0 Å². The lowest BCUT2D eigenvalue weighted by Gasteiger charge is -2.29. The van der Waals surface area contributed by atoms with Crippen molar-refractivity contribution in [2.45, 2.75) is 37.8 Å². The molecule has 102 valence electrons. The summed E-state index contributed by atoms with van der Waals surface area (Å²) in [5.41, 5.74) is 0.477. The van der Waals surface area contributed by atoms with Crippen LogP contribution < -0.4 is 5.32 Å². The molecule has 0 bridgehead atoms. The smallest absolute Gasteiger partial charge is 0.255 e. The highest BCUT2D eigenvalue weighted by molar-refractivity contribution is 5.94. The van der Waals surface area contributed by atoms with Crippen molar-refractivity contribution in [3.05, 3.63) is 24.0 Å². The summed E-state index contributed by atoms with van der Waals surface area (Å²) in [6.45, 7) is 1.86. The van der Waals surface area contributed by atoms with Crippen LogP contribution >= 0.6 is 0 Å². The molecule has 3 rings (SSSR count). The molecule has 1 aromatic rings. The van der Waals surface area contributed by atoms with E-state index in [9.17, 15) is 9.90 Å². The Balaban J connectivity index is 1.78. The van der Waals surface area contributed by atoms with Crippen LogP contribution in [0.5, 0.6) is 5.75 Å². The van der Waals surface area contributed by atoms with E-state index in [0.29, 0.717) is 11.6 Å². The number of pyridine rings is 1. The van der Waals surface area contributed by atoms with Gasteiger partial charge in [-0.25, -0.2) is 0 Å². The summed E-state index contributed by atoms with van der Waals surface area (Å²) in [5.74, 6) is 0.0280. The molecule has 1 aromatic heterocycles. The van der Waals surface area contributed by atoms with Gasteiger partial charge in [-0.15, -0.1) is 0 Å². The van der Waals surface area contributed by atoms with E-state index in [4.69, 9.17) is 0 Å². The zero-order valence-electron chi connectivity index (χ0n) is 10.9. The molecule has 0 aliphatic carbocycles. The van der Waals surface area contributed by atoms with Crippen LogP contribution in [-0.2, 0) is 0 Å². The number of carbonyl (C=O) groups excluding carboxylic acids is 1. The third-order valence-corrected chi connectivity index (χ3v) is 4.09. The number of hydrogen-bond donors (Lipinski definition) is 2. The van der Waals surface area contributed by atoms with E-state index in [1.165, 1.54) is 24.9 Å². The first kappa shape index (κ1) is 12.4. The van der Waals surface area contributed by atoms with Crippen LogP contribution in [0.15, 0.2) is 18.5 Å². The van der Waals surface area contributed by atoms with Gasteiger partial charge < -0.3 is 15.3 Å². The van der Waals surface area contributed by atoms with Crippen LogP contribution in [0.2, 0.25) is 0 Å². The van der Waals surface area contributed by atoms with Crippen molar-refractivity contribution < 1.29 is 9.90 Å². The molecule has 5 heteroatoms. The topological polar surface area (TPSA) is 65.5 Å². The number of aromatic nitrogens is 1.